The summed E-state index contributed by atoms with van der Waals surface area (Å²) < 4.78 is 7.49. The monoisotopic (exact) mass is 332 g/mol. The molecule has 0 aliphatic heterocycles. The van der Waals surface area contributed by atoms with E-state index in [0.717, 1.165) is 19.8 Å². The molecule has 0 saturated heterocycles. The SMILES string of the molecule is Brc1ccc(Oc2cn[c]s2)cc1Br. The lowest BCUT2D eigenvalue weighted by Gasteiger charge is -2.03. The van der Waals surface area contributed by atoms with Crippen molar-refractivity contribution in [2.75, 3.05) is 0 Å². The van der Waals surface area contributed by atoms with Crippen molar-refractivity contribution in [2.45, 2.75) is 0 Å². The molecule has 1 aromatic carbocycles. The number of hydrogen-bond acceptors (Lipinski definition) is 3. The first-order valence-corrected chi connectivity index (χ1v) is 6.11. The summed E-state index contributed by atoms with van der Waals surface area (Å²) >= 11 is 8.13. The summed E-state index contributed by atoms with van der Waals surface area (Å²) in [5.41, 5.74) is 2.72. The molecule has 1 aromatic heterocycles. The Kier molecular flexibility index (Phi) is 3.20. The van der Waals surface area contributed by atoms with Crippen molar-refractivity contribution in [3.63, 3.8) is 0 Å². The van der Waals surface area contributed by atoms with Crippen LogP contribution in [-0.4, -0.2) is 4.98 Å². The van der Waals surface area contributed by atoms with Gasteiger partial charge in [0.25, 0.3) is 0 Å². The smallest absolute Gasteiger partial charge is 0.201 e. The Balaban J connectivity index is 2.22. The Bertz CT molecular complexity index is 430. The van der Waals surface area contributed by atoms with Gasteiger partial charge in [-0.2, -0.15) is 0 Å². The Labute approximate surface area is 102 Å². The van der Waals surface area contributed by atoms with Gasteiger partial charge in [-0.25, -0.2) is 4.98 Å². The highest BCUT2D eigenvalue weighted by Crippen LogP contribution is 2.30. The first-order valence-electron chi connectivity index (χ1n) is 3.70. The van der Waals surface area contributed by atoms with E-state index in [1.54, 1.807) is 6.20 Å². The van der Waals surface area contributed by atoms with Gasteiger partial charge in [0, 0.05) is 8.95 Å². The molecule has 14 heavy (non-hydrogen) atoms. The molecule has 1 radical (unpaired) electrons. The van der Waals surface area contributed by atoms with Crippen LogP contribution in [0.1, 0.15) is 0 Å². The van der Waals surface area contributed by atoms with Gasteiger partial charge in [0.1, 0.15) is 5.75 Å². The predicted molar refractivity (Wildman–Crippen MR) is 62.9 cm³/mol. The Morgan fingerprint density at radius 3 is 2.79 bits per heavy atom. The van der Waals surface area contributed by atoms with E-state index in [2.05, 4.69) is 42.4 Å². The normalized spacial score (nSPS) is 10.1. The number of nitrogens with zero attached hydrogens (tertiary/aromatic N) is 1. The summed E-state index contributed by atoms with van der Waals surface area (Å²) in [5.74, 6) is 0.776. The van der Waals surface area contributed by atoms with Crippen LogP contribution in [0.2, 0.25) is 0 Å². The molecule has 5 heteroatoms. The molecule has 2 nitrogen and oxygen atoms in total. The standard InChI is InChI=1S/C9H4Br2NOS/c10-7-2-1-6(3-8(7)11)13-9-4-12-5-14-9/h1-4H. The minimum Gasteiger partial charge on any atom is -0.445 e. The number of hydrogen-bond donors (Lipinski definition) is 0. The van der Waals surface area contributed by atoms with E-state index in [1.807, 2.05) is 18.2 Å². The fraction of sp³-hybridized carbons (Fsp3) is 0. The first kappa shape index (κ1) is 10.1. The van der Waals surface area contributed by atoms with E-state index < -0.39 is 0 Å². The van der Waals surface area contributed by atoms with Gasteiger partial charge in [-0.1, -0.05) is 11.3 Å². The maximum Gasteiger partial charge on any atom is 0.201 e. The molecule has 2 rings (SSSR count). The van der Waals surface area contributed by atoms with Crippen molar-refractivity contribution in [3.8, 4) is 10.8 Å². The molecule has 0 spiro atoms. The van der Waals surface area contributed by atoms with Gasteiger partial charge in [0.15, 0.2) is 5.51 Å². The second-order valence-electron chi connectivity index (χ2n) is 2.45. The van der Waals surface area contributed by atoms with Crippen LogP contribution in [-0.2, 0) is 0 Å². The highest BCUT2D eigenvalue weighted by Gasteiger charge is 2.01. The van der Waals surface area contributed by atoms with Crippen molar-refractivity contribution in [2.24, 2.45) is 0 Å². The summed E-state index contributed by atoms with van der Waals surface area (Å²) in [6.45, 7) is 0. The molecule has 0 amide bonds. The molecule has 2 aromatic rings. The number of halogens is 2. The highest BCUT2D eigenvalue weighted by molar-refractivity contribution is 9.13. The third-order valence-electron chi connectivity index (χ3n) is 1.48. The first-order chi connectivity index (χ1) is 6.75. The average molecular weight is 334 g/mol. The molecular formula is C9H4Br2NOS. The van der Waals surface area contributed by atoms with Crippen LogP contribution in [0.4, 0.5) is 0 Å². The van der Waals surface area contributed by atoms with Crippen molar-refractivity contribution in [1.29, 1.82) is 0 Å². The fourth-order valence-electron chi connectivity index (χ4n) is 0.880. The van der Waals surface area contributed by atoms with E-state index in [1.165, 1.54) is 11.3 Å². The quantitative estimate of drug-likeness (QED) is 0.819. The lowest BCUT2D eigenvalue weighted by Crippen LogP contribution is -1.80. The van der Waals surface area contributed by atoms with Crippen LogP contribution >= 0.6 is 43.2 Å². The van der Waals surface area contributed by atoms with Crippen molar-refractivity contribution in [1.82, 2.24) is 4.98 Å². The summed E-state index contributed by atoms with van der Waals surface area (Å²) in [5, 5.41) is 0.735. The number of aromatic nitrogens is 1. The van der Waals surface area contributed by atoms with Gasteiger partial charge in [0.05, 0.1) is 6.20 Å². The summed E-state index contributed by atoms with van der Waals surface area (Å²) in [7, 11) is 0. The third kappa shape index (κ3) is 2.34. The summed E-state index contributed by atoms with van der Waals surface area (Å²) in [6, 6.07) is 5.70. The number of rotatable bonds is 2. The number of ether oxygens (including phenoxy) is 1. The van der Waals surface area contributed by atoms with Crippen LogP contribution in [0.5, 0.6) is 10.8 Å². The predicted octanol–water partition coefficient (Wildman–Crippen LogP) is 4.26. The average Bonchev–Trinajstić information content (AvgIpc) is 2.64. The summed E-state index contributed by atoms with van der Waals surface area (Å²) in [4.78, 5) is 3.81. The van der Waals surface area contributed by atoms with Crippen LogP contribution in [0.25, 0.3) is 0 Å². The van der Waals surface area contributed by atoms with E-state index in [0.29, 0.717) is 0 Å². The molecule has 1 heterocycles. The zero-order valence-electron chi connectivity index (χ0n) is 6.83. The largest absolute Gasteiger partial charge is 0.445 e. The maximum atomic E-state index is 5.53. The third-order valence-corrected chi connectivity index (χ3v) is 3.94. The topological polar surface area (TPSA) is 22.1 Å². The fourth-order valence-corrected chi connectivity index (χ4v) is 1.92. The van der Waals surface area contributed by atoms with Crippen LogP contribution < -0.4 is 4.74 Å². The van der Waals surface area contributed by atoms with Crippen molar-refractivity contribution < 1.29 is 4.74 Å². The molecule has 0 bridgehead atoms. The molecular weight excluding hydrogens is 330 g/mol. The zero-order valence-corrected chi connectivity index (χ0v) is 10.8. The van der Waals surface area contributed by atoms with E-state index >= 15 is 0 Å². The molecule has 71 valence electrons. The maximum absolute atomic E-state index is 5.53. The molecule has 0 aliphatic carbocycles. The van der Waals surface area contributed by atoms with Crippen LogP contribution in [0.15, 0.2) is 33.3 Å². The Hall–Kier alpha value is -0.390. The van der Waals surface area contributed by atoms with Gasteiger partial charge >= 0.3 is 0 Å². The van der Waals surface area contributed by atoms with Gasteiger partial charge < -0.3 is 4.74 Å². The van der Waals surface area contributed by atoms with Crippen LogP contribution in [0, 0.1) is 5.51 Å². The van der Waals surface area contributed by atoms with Gasteiger partial charge in [0.2, 0.25) is 5.06 Å². The molecule has 0 fully saturated rings. The Morgan fingerprint density at radius 1 is 1.29 bits per heavy atom. The van der Waals surface area contributed by atoms with Gasteiger partial charge in [-0.05, 0) is 50.1 Å². The molecule has 0 unspecified atom stereocenters. The van der Waals surface area contributed by atoms with Crippen LogP contribution in [0.3, 0.4) is 0 Å². The van der Waals surface area contributed by atoms with Gasteiger partial charge in [-0.3, -0.25) is 0 Å². The molecule has 0 atom stereocenters. The Morgan fingerprint density at radius 2 is 2.14 bits per heavy atom. The minimum absolute atomic E-state index is 0.735. The number of benzene rings is 1. The van der Waals surface area contributed by atoms with E-state index in [-0.39, 0.29) is 0 Å². The minimum atomic E-state index is 0.735. The highest BCUT2D eigenvalue weighted by atomic mass is 79.9. The second-order valence-corrected chi connectivity index (χ2v) is 4.95. The van der Waals surface area contributed by atoms with Gasteiger partial charge in [-0.15, -0.1) is 0 Å². The second kappa shape index (κ2) is 4.42. The van der Waals surface area contributed by atoms with E-state index in [9.17, 15) is 0 Å². The lowest BCUT2D eigenvalue weighted by atomic mass is 10.3. The zero-order chi connectivity index (χ0) is 9.97. The van der Waals surface area contributed by atoms with Crippen molar-refractivity contribution >= 4 is 43.2 Å². The lowest BCUT2D eigenvalue weighted by molar-refractivity contribution is 0.495. The molecule has 0 saturated carbocycles. The van der Waals surface area contributed by atoms with E-state index in [4.69, 9.17) is 4.74 Å². The molecule has 0 aliphatic rings. The van der Waals surface area contributed by atoms with Crippen molar-refractivity contribution in [3.05, 3.63) is 38.9 Å². The summed E-state index contributed by atoms with van der Waals surface area (Å²) in [6.07, 6.45) is 1.64. The molecule has 0 N–H and O–H groups in total. The number of thiazole rings is 1.